The molecule has 0 saturated carbocycles. The molecule has 2 aromatic rings. The molecular formula is C18H21N3O2. The number of hydrogen-bond donors (Lipinski definition) is 0. The number of esters is 1. The van der Waals surface area contributed by atoms with Crippen LogP contribution in [0.25, 0.3) is 0 Å². The zero-order valence-electron chi connectivity index (χ0n) is 13.3. The Kier molecular flexibility index (Phi) is 4.86. The van der Waals surface area contributed by atoms with Gasteiger partial charge >= 0.3 is 5.97 Å². The van der Waals surface area contributed by atoms with E-state index >= 15 is 0 Å². The summed E-state index contributed by atoms with van der Waals surface area (Å²) < 4.78 is 7.06. The van der Waals surface area contributed by atoms with Crippen molar-refractivity contribution in [3.05, 3.63) is 59.9 Å². The van der Waals surface area contributed by atoms with Crippen LogP contribution in [-0.4, -0.2) is 27.6 Å². The molecule has 3 rings (SSSR count). The number of aromatic nitrogens is 3. The molecule has 0 radical (unpaired) electrons. The highest BCUT2D eigenvalue weighted by Crippen LogP contribution is 2.25. The largest absolute Gasteiger partial charge is 0.461 e. The quantitative estimate of drug-likeness (QED) is 0.629. The number of carbonyl (C=O) groups is 1. The predicted molar refractivity (Wildman–Crippen MR) is 86.9 cm³/mol. The molecule has 0 fully saturated rings. The Morgan fingerprint density at radius 3 is 2.83 bits per heavy atom. The van der Waals surface area contributed by atoms with Crippen molar-refractivity contribution in [2.75, 3.05) is 6.61 Å². The summed E-state index contributed by atoms with van der Waals surface area (Å²) in [7, 11) is 0. The molecule has 1 aromatic heterocycles. The van der Waals surface area contributed by atoms with Crippen LogP contribution in [0.15, 0.2) is 48.7 Å². The van der Waals surface area contributed by atoms with Gasteiger partial charge in [-0.3, -0.25) is 0 Å². The Balaban J connectivity index is 1.55. The van der Waals surface area contributed by atoms with Gasteiger partial charge in [-0.15, -0.1) is 5.10 Å². The van der Waals surface area contributed by atoms with E-state index < -0.39 is 5.97 Å². The van der Waals surface area contributed by atoms with Crippen LogP contribution in [0.3, 0.4) is 0 Å². The molecule has 2 atom stereocenters. The van der Waals surface area contributed by atoms with Crippen LogP contribution in [0.2, 0.25) is 0 Å². The lowest BCUT2D eigenvalue weighted by Crippen LogP contribution is -2.21. The van der Waals surface area contributed by atoms with Crippen molar-refractivity contribution >= 4 is 5.97 Å². The summed E-state index contributed by atoms with van der Waals surface area (Å²) in [6.45, 7) is 3.22. The molecule has 0 N–H and O–H groups in total. The second kappa shape index (κ2) is 7.22. The van der Waals surface area contributed by atoms with Crippen molar-refractivity contribution in [2.45, 2.75) is 26.3 Å². The summed E-state index contributed by atoms with van der Waals surface area (Å²) >= 11 is 0. The highest BCUT2D eigenvalue weighted by Gasteiger charge is 2.21. The second-order valence-electron chi connectivity index (χ2n) is 6.07. The van der Waals surface area contributed by atoms with Crippen LogP contribution in [0.4, 0.5) is 0 Å². The van der Waals surface area contributed by atoms with Gasteiger partial charge in [0, 0.05) is 0 Å². The lowest BCUT2D eigenvalue weighted by atomic mass is 9.85. The zero-order chi connectivity index (χ0) is 16.1. The van der Waals surface area contributed by atoms with Crippen molar-refractivity contribution in [1.82, 2.24) is 15.0 Å². The molecule has 0 saturated heterocycles. The first kappa shape index (κ1) is 15.5. The van der Waals surface area contributed by atoms with E-state index in [0.29, 0.717) is 25.0 Å². The summed E-state index contributed by atoms with van der Waals surface area (Å²) in [6, 6.07) is 9.94. The number of carbonyl (C=O) groups excluding carboxylic acids is 1. The summed E-state index contributed by atoms with van der Waals surface area (Å²) in [5.41, 5.74) is 1.38. The van der Waals surface area contributed by atoms with E-state index in [1.807, 2.05) is 30.3 Å². The molecule has 2 unspecified atom stereocenters. The minimum Gasteiger partial charge on any atom is -0.461 e. The summed E-state index contributed by atoms with van der Waals surface area (Å²) in [5.74, 6) is 0.538. The third-order valence-electron chi connectivity index (χ3n) is 4.28. The fourth-order valence-corrected chi connectivity index (χ4v) is 2.74. The number of nitrogens with zero attached hydrogens (tertiary/aromatic N) is 3. The highest BCUT2D eigenvalue weighted by atomic mass is 16.5. The van der Waals surface area contributed by atoms with E-state index in [4.69, 9.17) is 4.74 Å². The molecular weight excluding hydrogens is 290 g/mol. The first-order valence-corrected chi connectivity index (χ1v) is 7.98. The first-order valence-electron chi connectivity index (χ1n) is 7.98. The first-order chi connectivity index (χ1) is 11.2. The van der Waals surface area contributed by atoms with Crippen molar-refractivity contribution in [3.63, 3.8) is 0 Å². The Morgan fingerprint density at radius 1 is 1.26 bits per heavy atom. The van der Waals surface area contributed by atoms with Gasteiger partial charge in [-0.05, 0) is 30.2 Å². The number of ether oxygens (including phenoxy) is 1. The fraction of sp³-hybridized carbons (Fsp3) is 0.389. The number of rotatable bonds is 5. The van der Waals surface area contributed by atoms with Gasteiger partial charge in [0.25, 0.3) is 0 Å². The SMILES string of the molecule is CC1CC=CCC1COC(=O)c1cn(Cc2ccccc2)nn1. The molecule has 120 valence electrons. The molecule has 0 spiro atoms. The monoisotopic (exact) mass is 311 g/mol. The Hall–Kier alpha value is -2.43. The Labute approximate surface area is 136 Å². The second-order valence-corrected chi connectivity index (χ2v) is 6.07. The van der Waals surface area contributed by atoms with Gasteiger partial charge in [-0.2, -0.15) is 0 Å². The summed E-state index contributed by atoms with van der Waals surface area (Å²) in [5, 5.41) is 7.92. The standard InChI is InChI=1S/C18H21N3O2/c1-14-7-5-6-10-16(14)13-23-18(22)17-12-21(20-19-17)11-15-8-3-2-4-9-15/h2-6,8-9,12,14,16H,7,10-11,13H2,1H3. The molecule has 1 aliphatic carbocycles. The molecule has 0 aliphatic heterocycles. The van der Waals surface area contributed by atoms with E-state index in [0.717, 1.165) is 18.4 Å². The normalized spacial score (nSPS) is 20.4. The fourth-order valence-electron chi connectivity index (χ4n) is 2.74. The van der Waals surface area contributed by atoms with Crippen LogP contribution < -0.4 is 0 Å². The topological polar surface area (TPSA) is 57.0 Å². The summed E-state index contributed by atoms with van der Waals surface area (Å²) in [6.07, 6.45) is 8.01. The molecule has 1 aliphatic rings. The minimum absolute atomic E-state index is 0.264. The predicted octanol–water partition coefficient (Wildman–Crippen LogP) is 3.09. The van der Waals surface area contributed by atoms with Gasteiger partial charge < -0.3 is 4.74 Å². The highest BCUT2D eigenvalue weighted by molar-refractivity contribution is 5.86. The third kappa shape index (κ3) is 4.06. The minimum atomic E-state index is -0.397. The lowest BCUT2D eigenvalue weighted by molar-refractivity contribution is 0.0388. The van der Waals surface area contributed by atoms with E-state index in [9.17, 15) is 4.79 Å². The Morgan fingerprint density at radius 2 is 2.04 bits per heavy atom. The van der Waals surface area contributed by atoms with Gasteiger partial charge in [-0.25, -0.2) is 9.48 Å². The van der Waals surface area contributed by atoms with Crippen molar-refractivity contribution in [3.8, 4) is 0 Å². The lowest BCUT2D eigenvalue weighted by Gasteiger charge is -2.24. The van der Waals surface area contributed by atoms with E-state index in [-0.39, 0.29) is 5.69 Å². The van der Waals surface area contributed by atoms with Gasteiger partial charge in [0.15, 0.2) is 5.69 Å². The maximum absolute atomic E-state index is 12.1. The van der Waals surface area contributed by atoms with Crippen LogP contribution in [0.5, 0.6) is 0 Å². The van der Waals surface area contributed by atoms with Gasteiger partial charge in [0.05, 0.1) is 19.3 Å². The number of hydrogen-bond acceptors (Lipinski definition) is 4. The number of benzene rings is 1. The molecule has 0 bridgehead atoms. The van der Waals surface area contributed by atoms with Gasteiger partial charge in [0.2, 0.25) is 0 Å². The molecule has 1 heterocycles. The van der Waals surface area contributed by atoms with Gasteiger partial charge in [-0.1, -0.05) is 54.6 Å². The molecule has 5 heteroatoms. The van der Waals surface area contributed by atoms with Crippen LogP contribution in [0.1, 0.15) is 35.8 Å². The van der Waals surface area contributed by atoms with E-state index in [1.54, 1.807) is 10.9 Å². The molecule has 0 amide bonds. The maximum atomic E-state index is 12.1. The Bertz CT molecular complexity index is 679. The smallest absolute Gasteiger partial charge is 0.360 e. The average molecular weight is 311 g/mol. The zero-order valence-corrected chi connectivity index (χ0v) is 13.3. The van der Waals surface area contributed by atoms with Gasteiger partial charge in [0.1, 0.15) is 0 Å². The molecule has 1 aromatic carbocycles. The molecule has 5 nitrogen and oxygen atoms in total. The van der Waals surface area contributed by atoms with Crippen LogP contribution in [0, 0.1) is 11.8 Å². The van der Waals surface area contributed by atoms with Crippen molar-refractivity contribution in [2.24, 2.45) is 11.8 Å². The number of allylic oxidation sites excluding steroid dienone is 2. The van der Waals surface area contributed by atoms with E-state index in [2.05, 4.69) is 29.4 Å². The van der Waals surface area contributed by atoms with E-state index in [1.165, 1.54) is 0 Å². The average Bonchev–Trinajstić information content (AvgIpc) is 3.03. The van der Waals surface area contributed by atoms with Crippen LogP contribution >= 0.6 is 0 Å². The molecule has 23 heavy (non-hydrogen) atoms. The van der Waals surface area contributed by atoms with Crippen LogP contribution in [-0.2, 0) is 11.3 Å². The third-order valence-corrected chi connectivity index (χ3v) is 4.28. The maximum Gasteiger partial charge on any atom is 0.360 e. The summed E-state index contributed by atoms with van der Waals surface area (Å²) in [4.78, 5) is 12.1. The van der Waals surface area contributed by atoms with Crippen molar-refractivity contribution < 1.29 is 9.53 Å². The van der Waals surface area contributed by atoms with Crippen molar-refractivity contribution in [1.29, 1.82) is 0 Å².